The summed E-state index contributed by atoms with van der Waals surface area (Å²) in [6.07, 6.45) is 0.0639. The average Bonchev–Trinajstić information content (AvgIpc) is 2.48. The number of nitro benzene ring substituents is 1. The highest BCUT2D eigenvalue weighted by Crippen LogP contribution is 2.25. The monoisotopic (exact) mass is 289 g/mol. The Morgan fingerprint density at radius 1 is 1.24 bits per heavy atom. The molecule has 21 heavy (non-hydrogen) atoms. The van der Waals surface area contributed by atoms with Crippen LogP contribution >= 0.6 is 0 Å². The van der Waals surface area contributed by atoms with Gasteiger partial charge >= 0.3 is 0 Å². The summed E-state index contributed by atoms with van der Waals surface area (Å²) in [6, 6.07) is 9.41. The lowest BCUT2D eigenvalue weighted by atomic mass is 10.0. The summed E-state index contributed by atoms with van der Waals surface area (Å²) in [7, 11) is 1.34. The van der Waals surface area contributed by atoms with Crippen molar-refractivity contribution in [1.29, 1.82) is 0 Å². The van der Waals surface area contributed by atoms with Gasteiger partial charge in [-0.25, -0.2) is 4.39 Å². The van der Waals surface area contributed by atoms with Crippen molar-refractivity contribution in [3.05, 3.63) is 69.5 Å². The SMILES string of the molecule is COc1cc([N+](=O)[O-])ccc1C(=O)Cc1ccc(F)cc1. The van der Waals surface area contributed by atoms with Crippen LogP contribution in [0.1, 0.15) is 15.9 Å². The molecule has 5 nitrogen and oxygen atoms in total. The molecule has 0 bridgehead atoms. The zero-order valence-electron chi connectivity index (χ0n) is 11.2. The van der Waals surface area contributed by atoms with E-state index in [2.05, 4.69) is 0 Å². The van der Waals surface area contributed by atoms with Crippen LogP contribution in [-0.4, -0.2) is 17.8 Å². The molecular formula is C15H12FNO4. The number of hydrogen-bond acceptors (Lipinski definition) is 4. The van der Waals surface area contributed by atoms with Gasteiger partial charge in [0, 0.05) is 12.5 Å². The summed E-state index contributed by atoms with van der Waals surface area (Å²) in [4.78, 5) is 22.4. The van der Waals surface area contributed by atoms with Gasteiger partial charge in [-0.2, -0.15) is 0 Å². The molecule has 0 aliphatic heterocycles. The normalized spacial score (nSPS) is 10.2. The number of ketones is 1. The summed E-state index contributed by atoms with van der Waals surface area (Å²) in [5.74, 6) is -0.483. The predicted octanol–water partition coefficient (Wildman–Crippen LogP) is 3.17. The summed E-state index contributed by atoms with van der Waals surface area (Å²) in [6.45, 7) is 0. The second kappa shape index (κ2) is 6.13. The maximum atomic E-state index is 12.8. The molecule has 0 fully saturated rings. The Kier molecular flexibility index (Phi) is 4.27. The van der Waals surface area contributed by atoms with Crippen LogP contribution in [-0.2, 0) is 6.42 Å². The van der Waals surface area contributed by atoms with E-state index in [1.807, 2.05) is 0 Å². The van der Waals surface area contributed by atoms with Gasteiger partial charge in [-0.1, -0.05) is 12.1 Å². The molecule has 0 heterocycles. The molecule has 0 aromatic heterocycles. The van der Waals surface area contributed by atoms with Gasteiger partial charge in [-0.05, 0) is 23.8 Å². The molecule has 108 valence electrons. The molecule has 6 heteroatoms. The quantitative estimate of drug-likeness (QED) is 0.481. The molecule has 0 spiro atoms. The maximum absolute atomic E-state index is 12.8. The minimum Gasteiger partial charge on any atom is -0.496 e. The Morgan fingerprint density at radius 2 is 1.90 bits per heavy atom. The number of nitro groups is 1. The molecular weight excluding hydrogens is 277 g/mol. The van der Waals surface area contributed by atoms with Crippen molar-refractivity contribution in [2.24, 2.45) is 0 Å². The Balaban J connectivity index is 2.26. The standard InChI is InChI=1S/C15H12FNO4/c1-21-15-9-12(17(19)20)6-7-13(15)14(18)8-10-2-4-11(16)5-3-10/h2-7,9H,8H2,1H3. The van der Waals surface area contributed by atoms with E-state index in [0.29, 0.717) is 5.56 Å². The number of halogens is 1. The van der Waals surface area contributed by atoms with E-state index in [0.717, 1.165) is 0 Å². The van der Waals surface area contributed by atoms with Crippen LogP contribution in [0.2, 0.25) is 0 Å². The minimum atomic E-state index is -0.559. The number of ether oxygens (including phenoxy) is 1. The number of hydrogen-bond donors (Lipinski definition) is 0. The first-order chi connectivity index (χ1) is 10.0. The Labute approximate surface area is 120 Å². The van der Waals surface area contributed by atoms with Crippen molar-refractivity contribution in [1.82, 2.24) is 0 Å². The molecule has 0 amide bonds. The van der Waals surface area contributed by atoms with E-state index >= 15 is 0 Å². The van der Waals surface area contributed by atoms with Gasteiger partial charge in [0.25, 0.3) is 5.69 Å². The average molecular weight is 289 g/mol. The topological polar surface area (TPSA) is 69.4 Å². The number of Topliss-reactive ketones (excluding diaryl/α,β-unsaturated/α-hetero) is 1. The second-order valence-corrected chi connectivity index (χ2v) is 4.37. The number of carbonyl (C=O) groups excluding carboxylic acids is 1. The highest BCUT2D eigenvalue weighted by atomic mass is 19.1. The van der Waals surface area contributed by atoms with Crippen molar-refractivity contribution in [3.8, 4) is 5.75 Å². The van der Waals surface area contributed by atoms with E-state index in [4.69, 9.17) is 4.74 Å². The van der Waals surface area contributed by atoms with Gasteiger partial charge in [0.15, 0.2) is 5.78 Å². The molecule has 2 aromatic rings. The summed E-state index contributed by atoms with van der Waals surface area (Å²) in [5, 5.41) is 10.7. The maximum Gasteiger partial charge on any atom is 0.273 e. The van der Waals surface area contributed by atoms with Crippen LogP contribution in [0.4, 0.5) is 10.1 Å². The third kappa shape index (κ3) is 3.42. The highest BCUT2D eigenvalue weighted by molar-refractivity contribution is 6.00. The van der Waals surface area contributed by atoms with E-state index in [-0.39, 0.29) is 35.0 Å². The number of non-ortho nitro benzene ring substituents is 1. The Bertz CT molecular complexity index is 683. The highest BCUT2D eigenvalue weighted by Gasteiger charge is 2.17. The fourth-order valence-electron chi connectivity index (χ4n) is 1.91. The van der Waals surface area contributed by atoms with Crippen LogP contribution in [0.5, 0.6) is 5.75 Å². The first-order valence-electron chi connectivity index (χ1n) is 6.11. The first-order valence-corrected chi connectivity index (χ1v) is 6.11. The van der Waals surface area contributed by atoms with E-state index in [1.165, 1.54) is 49.6 Å². The molecule has 0 aliphatic rings. The third-order valence-electron chi connectivity index (χ3n) is 2.97. The zero-order valence-corrected chi connectivity index (χ0v) is 11.2. The Hall–Kier alpha value is -2.76. The van der Waals surface area contributed by atoms with Crippen LogP contribution in [0.3, 0.4) is 0 Å². The van der Waals surface area contributed by atoms with Crippen molar-refractivity contribution in [2.75, 3.05) is 7.11 Å². The molecule has 0 radical (unpaired) electrons. The van der Waals surface area contributed by atoms with Crippen molar-refractivity contribution >= 4 is 11.5 Å². The predicted molar refractivity (Wildman–Crippen MR) is 74.1 cm³/mol. The van der Waals surface area contributed by atoms with Gasteiger partial charge < -0.3 is 4.74 Å². The lowest BCUT2D eigenvalue weighted by Gasteiger charge is -2.07. The van der Waals surface area contributed by atoms with Crippen LogP contribution in [0.25, 0.3) is 0 Å². The lowest BCUT2D eigenvalue weighted by molar-refractivity contribution is -0.384. The summed E-state index contributed by atoms with van der Waals surface area (Å²) in [5.41, 5.74) is 0.763. The van der Waals surface area contributed by atoms with E-state index < -0.39 is 4.92 Å². The number of nitrogens with zero attached hydrogens (tertiary/aromatic N) is 1. The van der Waals surface area contributed by atoms with Gasteiger partial charge in [0.2, 0.25) is 0 Å². The van der Waals surface area contributed by atoms with Gasteiger partial charge in [0.1, 0.15) is 11.6 Å². The molecule has 0 N–H and O–H groups in total. The number of benzene rings is 2. The molecule has 0 aliphatic carbocycles. The van der Waals surface area contributed by atoms with Crippen LogP contribution in [0, 0.1) is 15.9 Å². The van der Waals surface area contributed by atoms with Crippen molar-refractivity contribution in [2.45, 2.75) is 6.42 Å². The Morgan fingerprint density at radius 3 is 2.48 bits per heavy atom. The first kappa shape index (κ1) is 14.6. The van der Waals surface area contributed by atoms with Gasteiger partial charge in [-0.15, -0.1) is 0 Å². The summed E-state index contributed by atoms with van der Waals surface area (Å²) >= 11 is 0. The second-order valence-electron chi connectivity index (χ2n) is 4.37. The number of methoxy groups -OCH3 is 1. The molecule has 0 unspecified atom stereocenters. The lowest BCUT2D eigenvalue weighted by Crippen LogP contribution is -2.06. The van der Waals surface area contributed by atoms with Gasteiger partial charge in [-0.3, -0.25) is 14.9 Å². The van der Waals surface area contributed by atoms with Crippen molar-refractivity contribution in [3.63, 3.8) is 0 Å². The smallest absolute Gasteiger partial charge is 0.273 e. The fourth-order valence-corrected chi connectivity index (χ4v) is 1.91. The van der Waals surface area contributed by atoms with E-state index in [1.54, 1.807) is 0 Å². The fraction of sp³-hybridized carbons (Fsp3) is 0.133. The molecule has 0 atom stereocenters. The minimum absolute atomic E-state index is 0.0639. The van der Waals surface area contributed by atoms with Crippen molar-refractivity contribution < 1.29 is 18.8 Å². The number of carbonyl (C=O) groups is 1. The molecule has 2 aromatic carbocycles. The number of rotatable bonds is 5. The molecule has 2 rings (SSSR count). The van der Waals surface area contributed by atoms with E-state index in [9.17, 15) is 19.3 Å². The largest absolute Gasteiger partial charge is 0.496 e. The molecule has 0 saturated carbocycles. The third-order valence-corrected chi connectivity index (χ3v) is 2.97. The molecule has 0 saturated heterocycles. The van der Waals surface area contributed by atoms with Crippen LogP contribution in [0.15, 0.2) is 42.5 Å². The van der Waals surface area contributed by atoms with Crippen LogP contribution < -0.4 is 4.74 Å². The van der Waals surface area contributed by atoms with Gasteiger partial charge in [0.05, 0.1) is 23.7 Å². The zero-order chi connectivity index (χ0) is 15.4. The summed E-state index contributed by atoms with van der Waals surface area (Å²) < 4.78 is 17.8.